The molecule has 3 aliphatic carbocycles. The molecule has 8 N–H and O–H groups in total. The van der Waals surface area contributed by atoms with Gasteiger partial charge < -0.3 is 50.3 Å². The zero-order valence-electron chi connectivity index (χ0n) is 27.5. The molecule has 0 radical (unpaired) electrons. The summed E-state index contributed by atoms with van der Waals surface area (Å²) in [6.07, 6.45) is -5.51. The molecule has 1 aromatic carbocycles. The Morgan fingerprint density at radius 2 is 1.83 bits per heavy atom. The van der Waals surface area contributed by atoms with Crippen LogP contribution in [0.4, 0.5) is 0 Å². The minimum absolute atomic E-state index is 0.0214. The summed E-state index contributed by atoms with van der Waals surface area (Å²) in [5.41, 5.74) is -1.75. The molecule has 256 valence electrons. The first-order chi connectivity index (χ1) is 21.3. The number of hydrogen-bond donors (Lipinski definition) is 8. The number of carbonyl (C=O) groups is 1. The molecule has 11 nitrogen and oxygen atoms in total. The highest BCUT2D eigenvalue weighted by molar-refractivity contribution is 5.93. The topological polar surface area (TPSA) is 197 Å². The van der Waals surface area contributed by atoms with Gasteiger partial charge in [0.25, 0.3) is 0 Å². The van der Waals surface area contributed by atoms with E-state index in [-0.39, 0.29) is 29.6 Å². The second kappa shape index (κ2) is 11.7. The summed E-state index contributed by atoms with van der Waals surface area (Å²) >= 11 is 0. The Hall–Kier alpha value is -2.35. The second-order valence-corrected chi connectivity index (χ2v) is 15.0. The van der Waals surface area contributed by atoms with Crippen molar-refractivity contribution in [2.45, 2.75) is 121 Å². The number of Topliss-reactive ketones (excluding diaryl/α,β-unsaturated/α-hetero) is 1. The number of aromatic hydroxyl groups is 1. The molecule has 11 heteroatoms. The van der Waals surface area contributed by atoms with Gasteiger partial charge in [0.05, 0.1) is 23.7 Å². The van der Waals surface area contributed by atoms with Crippen LogP contribution in [0.15, 0.2) is 30.4 Å². The normalized spacial score (nSPS) is 42.6. The van der Waals surface area contributed by atoms with Crippen LogP contribution in [-0.4, -0.2) is 102 Å². The van der Waals surface area contributed by atoms with E-state index in [2.05, 4.69) is 13.5 Å². The summed E-state index contributed by atoms with van der Waals surface area (Å²) in [6, 6.07) is 1.57. The van der Waals surface area contributed by atoms with Gasteiger partial charge in [-0.2, -0.15) is 0 Å². The SMILES string of the molecule is C=C(C)/C=C/C(O)C(C)(O)C1[C@H](O)C[C@@]2(C)[C@@H]3CCc4c(cc(OC5O[C@H](CO)[C@@H](O)[C@H](O)[C@H]5O)c(O)c4C)[C@]3(C)C(=O)C[C@]12C. The molecule has 0 aromatic heterocycles. The van der Waals surface area contributed by atoms with Gasteiger partial charge in [-0.05, 0) is 86.5 Å². The first kappa shape index (κ1) is 35.0. The lowest BCUT2D eigenvalue weighted by atomic mass is 9.41. The number of phenolic OH excluding ortho intramolecular Hbond substituents is 1. The van der Waals surface area contributed by atoms with Crippen LogP contribution in [0.5, 0.6) is 11.5 Å². The van der Waals surface area contributed by atoms with Crippen molar-refractivity contribution in [2.24, 2.45) is 22.7 Å². The Morgan fingerprint density at radius 1 is 1.17 bits per heavy atom. The molecule has 0 amide bonds. The van der Waals surface area contributed by atoms with E-state index in [4.69, 9.17) is 9.47 Å². The van der Waals surface area contributed by atoms with Crippen LogP contribution in [0.1, 0.15) is 70.6 Å². The number of hydrogen-bond acceptors (Lipinski definition) is 11. The second-order valence-electron chi connectivity index (χ2n) is 15.0. The average molecular weight is 647 g/mol. The van der Waals surface area contributed by atoms with Crippen LogP contribution in [0.2, 0.25) is 0 Å². The number of rotatable bonds is 7. The molecule has 4 aliphatic rings. The summed E-state index contributed by atoms with van der Waals surface area (Å²) in [6.45, 7) is 14.0. The van der Waals surface area contributed by atoms with Crippen molar-refractivity contribution in [3.8, 4) is 11.5 Å². The number of carbonyl (C=O) groups excluding carboxylic acids is 1. The van der Waals surface area contributed by atoms with E-state index < -0.39 is 77.3 Å². The monoisotopic (exact) mass is 646 g/mol. The highest BCUT2D eigenvalue weighted by Gasteiger charge is 2.73. The third-order valence-electron chi connectivity index (χ3n) is 12.3. The number of phenols is 1. The van der Waals surface area contributed by atoms with E-state index in [9.17, 15) is 45.6 Å². The lowest BCUT2D eigenvalue weighted by Gasteiger charge is -2.62. The fraction of sp³-hybridized carbons (Fsp3) is 0.686. The number of ketones is 1. The van der Waals surface area contributed by atoms with Crippen molar-refractivity contribution in [3.05, 3.63) is 47.1 Å². The molecule has 3 fully saturated rings. The third kappa shape index (κ3) is 4.89. The van der Waals surface area contributed by atoms with Crippen LogP contribution >= 0.6 is 0 Å². The largest absolute Gasteiger partial charge is 0.504 e. The van der Waals surface area contributed by atoms with E-state index in [0.717, 1.165) is 5.56 Å². The number of aliphatic hydroxyl groups is 7. The molecule has 13 atom stereocenters. The standard InChI is InChI=1S/C35H50O11/c1-16(2)8-11-24(38)35(7,44)30-20(37)13-32(4)23-10-9-18-17(3)26(40)21(12-19(18)34(23,6)25(39)14-33(30,32)5)45-31-29(43)28(42)27(41)22(15-36)46-31/h8,11-12,20,22-24,27-31,36-38,40-44H,1,9-10,13-15H2,2-7H3/b11-8+/t20-,22-,23+,24?,27-,28+,29-,30?,31?,32+,33-,34+,35?/m1/s1. The number of aliphatic hydroxyl groups excluding tert-OH is 6. The van der Waals surface area contributed by atoms with Gasteiger partial charge in [-0.3, -0.25) is 4.79 Å². The lowest BCUT2D eigenvalue weighted by Crippen LogP contribution is -2.64. The van der Waals surface area contributed by atoms with Crippen LogP contribution in [0.25, 0.3) is 0 Å². The van der Waals surface area contributed by atoms with E-state index in [0.29, 0.717) is 36.0 Å². The summed E-state index contributed by atoms with van der Waals surface area (Å²) in [4.78, 5) is 14.6. The van der Waals surface area contributed by atoms with E-state index in [1.165, 1.54) is 13.0 Å². The molecule has 0 spiro atoms. The van der Waals surface area contributed by atoms with Crippen molar-refractivity contribution in [2.75, 3.05) is 6.61 Å². The molecule has 46 heavy (non-hydrogen) atoms. The molecule has 2 saturated carbocycles. The van der Waals surface area contributed by atoms with Crippen LogP contribution in [-0.2, 0) is 21.4 Å². The van der Waals surface area contributed by atoms with Gasteiger partial charge in [-0.25, -0.2) is 0 Å². The van der Waals surface area contributed by atoms with Crippen molar-refractivity contribution >= 4 is 5.78 Å². The predicted molar refractivity (Wildman–Crippen MR) is 167 cm³/mol. The van der Waals surface area contributed by atoms with Gasteiger partial charge in [0, 0.05) is 12.3 Å². The maximum atomic E-state index is 14.6. The Morgan fingerprint density at radius 3 is 2.43 bits per heavy atom. The molecule has 0 bridgehead atoms. The Bertz CT molecular complexity index is 1420. The molecular formula is C35H50O11. The van der Waals surface area contributed by atoms with Crippen molar-refractivity contribution in [1.82, 2.24) is 0 Å². The number of allylic oxidation sites excluding steroid dienone is 2. The smallest absolute Gasteiger partial charge is 0.229 e. The first-order valence-corrected chi connectivity index (χ1v) is 16.1. The molecule has 1 saturated heterocycles. The highest BCUT2D eigenvalue weighted by atomic mass is 16.7. The zero-order valence-corrected chi connectivity index (χ0v) is 27.5. The van der Waals surface area contributed by atoms with Gasteiger partial charge in [0.15, 0.2) is 11.5 Å². The predicted octanol–water partition coefficient (Wildman–Crippen LogP) is 1.31. The quantitative estimate of drug-likeness (QED) is 0.199. The van der Waals surface area contributed by atoms with E-state index >= 15 is 0 Å². The molecule has 1 aliphatic heterocycles. The minimum Gasteiger partial charge on any atom is -0.504 e. The van der Waals surface area contributed by atoms with Gasteiger partial charge in [0.2, 0.25) is 6.29 Å². The van der Waals surface area contributed by atoms with Crippen molar-refractivity contribution in [1.29, 1.82) is 0 Å². The van der Waals surface area contributed by atoms with E-state index in [1.54, 1.807) is 26.0 Å². The number of ether oxygens (including phenoxy) is 2. The molecule has 5 rings (SSSR count). The van der Waals surface area contributed by atoms with E-state index in [1.807, 2.05) is 13.8 Å². The highest BCUT2D eigenvalue weighted by Crippen LogP contribution is 2.72. The third-order valence-corrected chi connectivity index (χ3v) is 12.3. The van der Waals surface area contributed by atoms with Crippen LogP contribution in [0, 0.1) is 29.6 Å². The Labute approximate surface area is 269 Å². The number of benzene rings is 1. The van der Waals surface area contributed by atoms with Gasteiger partial charge in [0.1, 0.15) is 36.3 Å². The number of fused-ring (bicyclic) bond motifs is 5. The molecule has 1 heterocycles. The first-order valence-electron chi connectivity index (χ1n) is 16.1. The summed E-state index contributed by atoms with van der Waals surface area (Å²) in [7, 11) is 0. The summed E-state index contributed by atoms with van der Waals surface area (Å²) < 4.78 is 11.4. The van der Waals surface area contributed by atoms with Gasteiger partial charge >= 0.3 is 0 Å². The minimum atomic E-state index is -1.76. The Balaban J connectivity index is 1.55. The van der Waals surface area contributed by atoms with Crippen molar-refractivity contribution in [3.63, 3.8) is 0 Å². The fourth-order valence-corrected chi connectivity index (χ4v) is 9.65. The van der Waals surface area contributed by atoms with Crippen molar-refractivity contribution < 1.29 is 55.1 Å². The molecule has 4 unspecified atom stereocenters. The summed E-state index contributed by atoms with van der Waals surface area (Å²) in [5, 5.41) is 86.4. The van der Waals surface area contributed by atoms with Crippen LogP contribution in [0.3, 0.4) is 0 Å². The maximum Gasteiger partial charge on any atom is 0.229 e. The van der Waals surface area contributed by atoms with Gasteiger partial charge in [-0.15, -0.1) is 0 Å². The molecule has 1 aromatic rings. The average Bonchev–Trinajstić information content (AvgIpc) is 3.19. The zero-order chi connectivity index (χ0) is 34.3. The van der Waals surface area contributed by atoms with Gasteiger partial charge in [-0.1, -0.05) is 38.2 Å². The lowest BCUT2D eigenvalue weighted by molar-refractivity contribution is -0.277. The van der Waals surface area contributed by atoms with Crippen LogP contribution < -0.4 is 4.74 Å². The Kier molecular flexibility index (Phi) is 8.87. The molecular weight excluding hydrogens is 596 g/mol. The summed E-state index contributed by atoms with van der Waals surface area (Å²) in [5.74, 6) is -1.53. The maximum absolute atomic E-state index is 14.6. The fourth-order valence-electron chi connectivity index (χ4n) is 9.65.